The fourth-order valence-corrected chi connectivity index (χ4v) is 4.65. The molecule has 0 unspecified atom stereocenters. The van der Waals surface area contributed by atoms with Crippen molar-refractivity contribution >= 4 is 29.2 Å². The summed E-state index contributed by atoms with van der Waals surface area (Å²) in [5.41, 5.74) is 2.00. The molecule has 2 aromatic rings. The molecule has 1 spiro atoms. The van der Waals surface area contributed by atoms with E-state index >= 15 is 0 Å². The molecule has 4 heterocycles. The van der Waals surface area contributed by atoms with E-state index in [1.54, 1.807) is 11.3 Å². The number of carbonyl (C=O) groups excluding carboxylic acids is 1. The minimum Gasteiger partial charge on any atom is -0.475 e. The summed E-state index contributed by atoms with van der Waals surface area (Å²) in [5.74, 6) is -5.17. The molecule has 2 aromatic heterocycles. The summed E-state index contributed by atoms with van der Waals surface area (Å²) in [6.45, 7) is 6.39. The zero-order chi connectivity index (χ0) is 29.4. The van der Waals surface area contributed by atoms with Crippen molar-refractivity contribution in [3.05, 3.63) is 46.2 Å². The first-order chi connectivity index (χ1) is 18.0. The average molecular weight is 585 g/mol. The van der Waals surface area contributed by atoms with Crippen molar-refractivity contribution in [1.29, 1.82) is 0 Å². The van der Waals surface area contributed by atoms with Crippen LogP contribution >= 0.6 is 11.3 Å². The van der Waals surface area contributed by atoms with Crippen LogP contribution in [0.2, 0.25) is 0 Å². The number of aryl methyl sites for hydroxylation is 1. The Morgan fingerprint density at radius 3 is 1.92 bits per heavy atom. The van der Waals surface area contributed by atoms with Gasteiger partial charge in [-0.15, -0.1) is 11.3 Å². The van der Waals surface area contributed by atoms with Crippen LogP contribution in [-0.2, 0) is 27.5 Å². The Labute approximate surface area is 223 Å². The van der Waals surface area contributed by atoms with E-state index in [1.807, 2.05) is 30.2 Å². The van der Waals surface area contributed by atoms with Crippen LogP contribution in [0.25, 0.3) is 0 Å². The first kappa shape index (κ1) is 31.9. The first-order valence-electron chi connectivity index (χ1n) is 11.5. The Kier molecular flexibility index (Phi) is 10.8. The standard InChI is InChI=1S/C19H24N4OS.2C2HF3O2/c1-15-21-17(14-25-15)13-23-11-7-19(18(23)24)5-9-22(10-6-19)12-16-4-2-3-8-20-16;2*3-2(4,5)1(6)7/h2-4,8,14H,5-7,9-13H2,1H3;2*(H,6,7). The van der Waals surface area contributed by atoms with Crippen molar-refractivity contribution in [3.63, 3.8) is 0 Å². The molecule has 16 heteroatoms. The van der Waals surface area contributed by atoms with E-state index in [0.717, 1.165) is 61.8 Å². The van der Waals surface area contributed by atoms with E-state index < -0.39 is 24.3 Å². The number of carboxylic acid groups (broad SMARTS) is 2. The van der Waals surface area contributed by atoms with Gasteiger partial charge in [0.25, 0.3) is 0 Å². The van der Waals surface area contributed by atoms with Crippen molar-refractivity contribution in [1.82, 2.24) is 19.8 Å². The van der Waals surface area contributed by atoms with E-state index in [2.05, 4.69) is 26.3 Å². The number of carboxylic acids is 2. The number of halogens is 6. The number of aliphatic carboxylic acids is 2. The summed E-state index contributed by atoms with van der Waals surface area (Å²) >= 11 is 1.66. The van der Waals surface area contributed by atoms with Gasteiger partial charge in [0.1, 0.15) is 0 Å². The van der Waals surface area contributed by atoms with Gasteiger partial charge in [0.15, 0.2) is 0 Å². The zero-order valence-electron chi connectivity index (χ0n) is 20.6. The Hall–Kier alpha value is -3.27. The third-order valence-corrected chi connectivity index (χ3v) is 6.85. The van der Waals surface area contributed by atoms with Crippen LogP contribution in [0, 0.1) is 12.3 Å². The molecular weight excluding hydrogens is 558 g/mol. The topological polar surface area (TPSA) is 124 Å². The lowest BCUT2D eigenvalue weighted by Crippen LogP contribution is -2.44. The van der Waals surface area contributed by atoms with Crippen LogP contribution < -0.4 is 0 Å². The largest absolute Gasteiger partial charge is 0.490 e. The molecule has 0 aromatic carbocycles. The number of thiazole rings is 1. The molecule has 0 radical (unpaired) electrons. The van der Waals surface area contributed by atoms with Crippen LogP contribution in [0.4, 0.5) is 26.3 Å². The number of aromatic nitrogens is 2. The molecule has 216 valence electrons. The highest BCUT2D eigenvalue weighted by Gasteiger charge is 2.48. The maximum atomic E-state index is 13.0. The Morgan fingerprint density at radius 2 is 1.49 bits per heavy atom. The number of alkyl halides is 6. The van der Waals surface area contributed by atoms with Gasteiger partial charge in [0.2, 0.25) is 5.91 Å². The van der Waals surface area contributed by atoms with Gasteiger partial charge >= 0.3 is 24.3 Å². The van der Waals surface area contributed by atoms with E-state index in [-0.39, 0.29) is 5.41 Å². The summed E-state index contributed by atoms with van der Waals surface area (Å²) in [7, 11) is 0. The molecule has 2 fully saturated rings. The lowest BCUT2D eigenvalue weighted by atomic mass is 9.77. The number of carbonyl (C=O) groups is 3. The van der Waals surface area contributed by atoms with Crippen molar-refractivity contribution in [2.75, 3.05) is 19.6 Å². The van der Waals surface area contributed by atoms with E-state index in [1.165, 1.54) is 0 Å². The molecule has 2 aliphatic rings. The number of rotatable bonds is 4. The number of piperidine rings is 1. The summed E-state index contributed by atoms with van der Waals surface area (Å²) in [5, 5.41) is 17.4. The fraction of sp³-hybridized carbons (Fsp3) is 0.522. The third kappa shape index (κ3) is 9.76. The molecule has 39 heavy (non-hydrogen) atoms. The third-order valence-electron chi connectivity index (χ3n) is 6.03. The highest BCUT2D eigenvalue weighted by Crippen LogP contribution is 2.42. The van der Waals surface area contributed by atoms with Crippen molar-refractivity contribution < 1.29 is 50.9 Å². The lowest BCUT2D eigenvalue weighted by Gasteiger charge is -2.37. The zero-order valence-corrected chi connectivity index (χ0v) is 21.4. The maximum absolute atomic E-state index is 13.0. The Balaban J connectivity index is 0.000000317. The molecule has 1 amide bonds. The lowest BCUT2D eigenvalue weighted by molar-refractivity contribution is -0.193. The second-order valence-electron chi connectivity index (χ2n) is 8.82. The molecular formula is C23H26F6N4O5S. The van der Waals surface area contributed by atoms with Gasteiger partial charge in [-0.2, -0.15) is 26.3 Å². The van der Waals surface area contributed by atoms with Crippen molar-refractivity contribution in [2.24, 2.45) is 5.41 Å². The molecule has 0 saturated carbocycles. The highest BCUT2D eigenvalue weighted by atomic mass is 32.1. The van der Waals surface area contributed by atoms with Gasteiger partial charge in [-0.1, -0.05) is 6.07 Å². The molecule has 2 aliphatic heterocycles. The van der Waals surface area contributed by atoms with Crippen molar-refractivity contribution in [2.45, 2.75) is 51.6 Å². The number of amides is 1. The van der Waals surface area contributed by atoms with E-state index in [9.17, 15) is 31.1 Å². The van der Waals surface area contributed by atoms with Gasteiger partial charge < -0.3 is 15.1 Å². The van der Waals surface area contributed by atoms with Crippen molar-refractivity contribution in [3.8, 4) is 0 Å². The summed E-state index contributed by atoms with van der Waals surface area (Å²) in [6, 6.07) is 6.05. The van der Waals surface area contributed by atoms with Gasteiger partial charge in [0.05, 0.1) is 28.4 Å². The van der Waals surface area contributed by atoms with Crippen LogP contribution in [0.3, 0.4) is 0 Å². The number of hydrogen-bond acceptors (Lipinski definition) is 7. The first-order valence-corrected chi connectivity index (χ1v) is 12.3. The van der Waals surface area contributed by atoms with Gasteiger partial charge in [-0.3, -0.25) is 14.7 Å². The SMILES string of the molecule is Cc1nc(CN2CCC3(CCN(Cc4ccccn4)CC3)C2=O)cs1.O=C(O)C(F)(F)F.O=C(O)C(F)(F)F. The minimum absolute atomic E-state index is 0.133. The molecule has 0 aliphatic carbocycles. The summed E-state index contributed by atoms with van der Waals surface area (Å²) in [4.78, 5) is 44.2. The second kappa shape index (κ2) is 13.2. The molecule has 0 bridgehead atoms. The number of hydrogen-bond donors (Lipinski definition) is 2. The van der Waals surface area contributed by atoms with Crippen LogP contribution in [-0.4, -0.2) is 79.8 Å². The highest BCUT2D eigenvalue weighted by molar-refractivity contribution is 7.09. The molecule has 0 atom stereocenters. The van der Waals surface area contributed by atoms with E-state index in [0.29, 0.717) is 12.5 Å². The van der Waals surface area contributed by atoms with Crippen LogP contribution in [0.1, 0.15) is 35.7 Å². The molecule has 4 rings (SSSR count). The fourth-order valence-electron chi connectivity index (χ4n) is 4.04. The number of likely N-dealkylation sites (tertiary alicyclic amines) is 2. The number of nitrogens with zero attached hydrogens (tertiary/aromatic N) is 4. The smallest absolute Gasteiger partial charge is 0.475 e. The quantitative estimate of drug-likeness (QED) is 0.515. The monoisotopic (exact) mass is 584 g/mol. The predicted molar refractivity (Wildman–Crippen MR) is 125 cm³/mol. The van der Waals surface area contributed by atoms with Crippen LogP contribution in [0.15, 0.2) is 29.8 Å². The average Bonchev–Trinajstić information content (AvgIpc) is 3.39. The second-order valence-corrected chi connectivity index (χ2v) is 9.88. The van der Waals surface area contributed by atoms with E-state index in [4.69, 9.17) is 19.8 Å². The minimum atomic E-state index is -5.08. The van der Waals surface area contributed by atoms with Gasteiger partial charge in [-0.05, 0) is 51.4 Å². The predicted octanol–water partition coefficient (Wildman–Crippen LogP) is 4.13. The normalized spacial score (nSPS) is 17.2. The summed E-state index contributed by atoms with van der Waals surface area (Å²) < 4.78 is 63.5. The van der Waals surface area contributed by atoms with Gasteiger partial charge in [-0.25, -0.2) is 14.6 Å². The summed E-state index contributed by atoms with van der Waals surface area (Å²) in [6.07, 6.45) is -5.40. The maximum Gasteiger partial charge on any atom is 0.490 e. The Bertz CT molecular complexity index is 1090. The van der Waals surface area contributed by atoms with Crippen LogP contribution in [0.5, 0.6) is 0 Å². The molecule has 2 saturated heterocycles. The molecule has 2 N–H and O–H groups in total. The van der Waals surface area contributed by atoms with Gasteiger partial charge in [0, 0.05) is 24.7 Å². The number of pyridine rings is 1. The molecule has 9 nitrogen and oxygen atoms in total. The Morgan fingerprint density at radius 1 is 0.949 bits per heavy atom.